The lowest BCUT2D eigenvalue weighted by Crippen LogP contribution is -2.09. The van der Waals surface area contributed by atoms with Gasteiger partial charge in [-0.3, -0.25) is 4.79 Å². The average Bonchev–Trinajstić information content (AvgIpc) is 2.35. The summed E-state index contributed by atoms with van der Waals surface area (Å²) in [6.07, 6.45) is 0. The zero-order chi connectivity index (χ0) is 12.5. The number of ether oxygens (including phenoxy) is 2. The first-order chi connectivity index (χ1) is 8.22. The number of hydrogen-bond donors (Lipinski definition) is 0. The summed E-state index contributed by atoms with van der Waals surface area (Å²) in [4.78, 5) is 11.4. The maximum atomic E-state index is 11.4. The molecule has 0 unspecified atom stereocenters. The third-order valence-corrected chi connectivity index (χ3v) is 3.02. The highest BCUT2D eigenvalue weighted by atomic mass is 32.2. The fourth-order valence-electron chi connectivity index (χ4n) is 1.06. The van der Waals surface area contributed by atoms with E-state index >= 15 is 0 Å². The molecule has 0 atom stereocenters. The topological polar surface area (TPSA) is 35.5 Å². The SMILES string of the molecule is CCOC(=S)SCC(=O)OCc1ccccc1. The normalized spacial score (nSPS) is 9.71. The second kappa shape index (κ2) is 8.08. The molecule has 0 heterocycles. The zero-order valence-corrected chi connectivity index (χ0v) is 11.2. The summed E-state index contributed by atoms with van der Waals surface area (Å²) in [5.41, 5.74) is 0.971. The minimum atomic E-state index is -0.291. The van der Waals surface area contributed by atoms with Crippen LogP contribution in [0, 0.1) is 0 Å². The van der Waals surface area contributed by atoms with Crippen LogP contribution in [0.2, 0.25) is 0 Å². The molecule has 3 nitrogen and oxygen atoms in total. The summed E-state index contributed by atoms with van der Waals surface area (Å²) in [7, 11) is 0. The Morgan fingerprint density at radius 2 is 2.00 bits per heavy atom. The molecule has 0 aliphatic rings. The summed E-state index contributed by atoms with van der Waals surface area (Å²) >= 11 is 6.06. The van der Waals surface area contributed by atoms with Crippen molar-refractivity contribution < 1.29 is 14.3 Å². The van der Waals surface area contributed by atoms with E-state index in [1.807, 2.05) is 37.3 Å². The van der Waals surface area contributed by atoms with Gasteiger partial charge in [0.05, 0.1) is 12.4 Å². The molecule has 0 aliphatic heterocycles. The van der Waals surface area contributed by atoms with Crippen LogP contribution in [-0.4, -0.2) is 22.7 Å². The molecule has 0 saturated heterocycles. The lowest BCUT2D eigenvalue weighted by atomic mass is 10.2. The molecule has 0 N–H and O–H groups in total. The van der Waals surface area contributed by atoms with Crippen molar-refractivity contribution in [3.05, 3.63) is 35.9 Å². The lowest BCUT2D eigenvalue weighted by Gasteiger charge is -2.05. The number of esters is 1. The molecule has 0 amide bonds. The average molecular weight is 270 g/mol. The number of rotatable bonds is 5. The van der Waals surface area contributed by atoms with Crippen LogP contribution < -0.4 is 0 Å². The van der Waals surface area contributed by atoms with Crippen molar-refractivity contribution in [2.45, 2.75) is 13.5 Å². The molecule has 92 valence electrons. The van der Waals surface area contributed by atoms with E-state index in [1.165, 1.54) is 11.8 Å². The van der Waals surface area contributed by atoms with Crippen LogP contribution in [0.25, 0.3) is 0 Å². The molecule has 1 rings (SSSR count). The van der Waals surface area contributed by atoms with Gasteiger partial charge in [-0.25, -0.2) is 0 Å². The van der Waals surface area contributed by atoms with Gasteiger partial charge in [0.2, 0.25) is 4.38 Å². The molecule has 0 aromatic heterocycles. The van der Waals surface area contributed by atoms with Crippen LogP contribution in [0.3, 0.4) is 0 Å². The van der Waals surface area contributed by atoms with Gasteiger partial charge < -0.3 is 9.47 Å². The second-order valence-corrected chi connectivity index (χ2v) is 4.70. The summed E-state index contributed by atoms with van der Waals surface area (Å²) < 4.78 is 10.5. The van der Waals surface area contributed by atoms with Gasteiger partial charge in [0.25, 0.3) is 0 Å². The molecule has 0 aliphatic carbocycles. The molecule has 0 radical (unpaired) electrons. The first-order valence-corrected chi connectivity index (χ1v) is 6.61. The Balaban J connectivity index is 2.20. The van der Waals surface area contributed by atoms with Gasteiger partial charge in [-0.1, -0.05) is 42.1 Å². The van der Waals surface area contributed by atoms with E-state index in [2.05, 4.69) is 0 Å². The number of hydrogen-bond acceptors (Lipinski definition) is 5. The Labute approximate surface area is 110 Å². The van der Waals surface area contributed by atoms with Gasteiger partial charge in [-0.15, -0.1) is 0 Å². The van der Waals surface area contributed by atoms with Crippen molar-refractivity contribution in [3.8, 4) is 0 Å². The summed E-state index contributed by atoms with van der Waals surface area (Å²) in [5.74, 6) is -0.105. The van der Waals surface area contributed by atoms with Gasteiger partial charge in [-0.05, 0) is 24.7 Å². The Morgan fingerprint density at radius 1 is 1.29 bits per heavy atom. The van der Waals surface area contributed by atoms with Crippen molar-refractivity contribution in [1.29, 1.82) is 0 Å². The summed E-state index contributed by atoms with van der Waals surface area (Å²) in [6, 6.07) is 9.54. The molecule has 0 fully saturated rings. The van der Waals surface area contributed by atoms with E-state index in [1.54, 1.807) is 0 Å². The molecule has 0 bridgehead atoms. The number of thioether (sulfide) groups is 1. The quantitative estimate of drug-likeness (QED) is 0.607. The van der Waals surface area contributed by atoms with E-state index < -0.39 is 0 Å². The maximum absolute atomic E-state index is 11.4. The fourth-order valence-corrected chi connectivity index (χ4v) is 1.87. The van der Waals surface area contributed by atoms with Crippen LogP contribution in [-0.2, 0) is 20.9 Å². The van der Waals surface area contributed by atoms with Gasteiger partial charge in [0.1, 0.15) is 6.61 Å². The zero-order valence-electron chi connectivity index (χ0n) is 9.55. The van der Waals surface area contributed by atoms with Crippen LogP contribution in [0.5, 0.6) is 0 Å². The highest BCUT2D eigenvalue weighted by Gasteiger charge is 2.06. The highest BCUT2D eigenvalue weighted by molar-refractivity contribution is 8.23. The van der Waals surface area contributed by atoms with Gasteiger partial charge in [0.15, 0.2) is 0 Å². The molecule has 0 spiro atoms. The molecular weight excluding hydrogens is 256 g/mol. The van der Waals surface area contributed by atoms with Crippen molar-refractivity contribution >= 4 is 34.3 Å². The third-order valence-electron chi connectivity index (χ3n) is 1.81. The monoisotopic (exact) mass is 270 g/mol. The van der Waals surface area contributed by atoms with Crippen molar-refractivity contribution in [1.82, 2.24) is 0 Å². The third kappa shape index (κ3) is 6.28. The molecule has 5 heteroatoms. The number of carbonyl (C=O) groups excluding carboxylic acids is 1. The molecular formula is C12H14O3S2. The summed E-state index contributed by atoms with van der Waals surface area (Å²) in [6.45, 7) is 2.66. The number of thiocarbonyl (C=S) groups is 1. The number of benzene rings is 1. The van der Waals surface area contributed by atoms with Crippen LogP contribution in [0.15, 0.2) is 30.3 Å². The Morgan fingerprint density at radius 3 is 2.65 bits per heavy atom. The smallest absolute Gasteiger partial charge is 0.316 e. The fraction of sp³-hybridized carbons (Fsp3) is 0.333. The van der Waals surface area contributed by atoms with Crippen LogP contribution >= 0.6 is 24.0 Å². The molecule has 1 aromatic carbocycles. The lowest BCUT2D eigenvalue weighted by molar-refractivity contribution is -0.141. The minimum Gasteiger partial charge on any atom is -0.479 e. The Hall–Kier alpha value is -1.07. The Bertz CT molecular complexity index is 365. The van der Waals surface area contributed by atoms with Crippen molar-refractivity contribution in [2.24, 2.45) is 0 Å². The predicted molar refractivity (Wildman–Crippen MR) is 72.9 cm³/mol. The van der Waals surface area contributed by atoms with Crippen molar-refractivity contribution in [2.75, 3.05) is 12.4 Å². The predicted octanol–water partition coefficient (Wildman–Crippen LogP) is 2.78. The van der Waals surface area contributed by atoms with E-state index in [-0.39, 0.29) is 11.7 Å². The van der Waals surface area contributed by atoms with Crippen molar-refractivity contribution in [3.63, 3.8) is 0 Å². The van der Waals surface area contributed by atoms with Gasteiger partial charge >= 0.3 is 5.97 Å². The number of carbonyl (C=O) groups is 1. The largest absolute Gasteiger partial charge is 0.479 e. The summed E-state index contributed by atoms with van der Waals surface area (Å²) in [5, 5.41) is 0. The molecule has 1 aromatic rings. The van der Waals surface area contributed by atoms with E-state index in [4.69, 9.17) is 21.7 Å². The highest BCUT2D eigenvalue weighted by Crippen LogP contribution is 2.07. The van der Waals surface area contributed by atoms with E-state index in [0.29, 0.717) is 17.6 Å². The Kier molecular flexibility index (Phi) is 6.65. The molecule has 17 heavy (non-hydrogen) atoms. The van der Waals surface area contributed by atoms with E-state index in [0.717, 1.165) is 5.56 Å². The molecule has 0 saturated carbocycles. The van der Waals surface area contributed by atoms with E-state index in [9.17, 15) is 4.79 Å². The standard InChI is InChI=1S/C12H14O3S2/c1-2-14-12(16)17-9-11(13)15-8-10-6-4-3-5-7-10/h3-7H,2,8-9H2,1H3. The van der Waals surface area contributed by atoms with Crippen LogP contribution in [0.1, 0.15) is 12.5 Å². The second-order valence-electron chi connectivity index (χ2n) is 3.12. The first kappa shape index (κ1) is 14.0. The van der Waals surface area contributed by atoms with Gasteiger partial charge in [0, 0.05) is 0 Å². The van der Waals surface area contributed by atoms with Crippen LogP contribution in [0.4, 0.5) is 0 Å². The van der Waals surface area contributed by atoms with Gasteiger partial charge in [-0.2, -0.15) is 0 Å². The first-order valence-electron chi connectivity index (χ1n) is 5.21. The minimum absolute atomic E-state index is 0.186. The maximum Gasteiger partial charge on any atom is 0.316 e.